The Hall–Kier alpha value is -1.11. The summed E-state index contributed by atoms with van der Waals surface area (Å²) in [5.74, 6) is 0.557. The third-order valence-electron chi connectivity index (χ3n) is 4.51. The molecule has 0 atom stereocenters. The SMILES string of the molecule is COCc1cc(C(=O)N2CCC3(CCNC3)CC2)no1.Cl. The summed E-state index contributed by atoms with van der Waals surface area (Å²) in [6, 6.07) is 1.67. The van der Waals surface area contributed by atoms with E-state index in [9.17, 15) is 4.79 Å². The number of nitrogens with one attached hydrogen (secondary N) is 1. The predicted molar refractivity (Wildman–Crippen MR) is 79.5 cm³/mol. The molecule has 2 fully saturated rings. The van der Waals surface area contributed by atoms with E-state index in [1.165, 1.54) is 6.42 Å². The van der Waals surface area contributed by atoms with Crippen LogP contribution in [-0.2, 0) is 11.3 Å². The quantitative estimate of drug-likeness (QED) is 0.914. The number of methoxy groups -OCH3 is 1. The summed E-state index contributed by atoms with van der Waals surface area (Å²) < 4.78 is 10.0. The van der Waals surface area contributed by atoms with Gasteiger partial charge in [0.25, 0.3) is 5.91 Å². The summed E-state index contributed by atoms with van der Waals surface area (Å²) in [5.41, 5.74) is 0.805. The first-order valence-electron chi connectivity index (χ1n) is 7.17. The molecule has 3 heterocycles. The first kappa shape index (κ1) is 16.3. The zero-order valence-corrected chi connectivity index (χ0v) is 13.1. The van der Waals surface area contributed by atoms with Crippen LogP contribution >= 0.6 is 12.4 Å². The van der Waals surface area contributed by atoms with E-state index >= 15 is 0 Å². The molecule has 2 saturated heterocycles. The number of hydrogen-bond acceptors (Lipinski definition) is 5. The average Bonchev–Trinajstić information content (AvgIpc) is 3.10. The highest BCUT2D eigenvalue weighted by Gasteiger charge is 2.38. The van der Waals surface area contributed by atoms with Gasteiger partial charge in [0.2, 0.25) is 0 Å². The van der Waals surface area contributed by atoms with Gasteiger partial charge in [0.15, 0.2) is 11.5 Å². The highest BCUT2D eigenvalue weighted by atomic mass is 35.5. The van der Waals surface area contributed by atoms with Crippen LogP contribution in [0.4, 0.5) is 0 Å². The molecule has 1 spiro atoms. The lowest BCUT2D eigenvalue weighted by molar-refractivity contribution is 0.0597. The third kappa shape index (κ3) is 3.39. The van der Waals surface area contributed by atoms with E-state index < -0.39 is 0 Å². The summed E-state index contributed by atoms with van der Waals surface area (Å²) >= 11 is 0. The average molecular weight is 316 g/mol. The highest BCUT2D eigenvalue weighted by molar-refractivity contribution is 5.92. The van der Waals surface area contributed by atoms with Gasteiger partial charge in [0, 0.05) is 32.8 Å². The number of piperidine rings is 1. The first-order chi connectivity index (χ1) is 9.72. The molecule has 21 heavy (non-hydrogen) atoms. The molecule has 2 aliphatic heterocycles. The zero-order chi connectivity index (χ0) is 14.0. The molecule has 118 valence electrons. The molecule has 0 radical (unpaired) electrons. The number of aromatic nitrogens is 1. The van der Waals surface area contributed by atoms with Crippen LogP contribution in [0, 0.1) is 5.41 Å². The number of carbonyl (C=O) groups is 1. The van der Waals surface area contributed by atoms with Gasteiger partial charge in [-0.2, -0.15) is 0 Å². The van der Waals surface area contributed by atoms with E-state index in [4.69, 9.17) is 9.26 Å². The molecule has 1 N–H and O–H groups in total. The molecule has 1 aromatic heterocycles. The summed E-state index contributed by atoms with van der Waals surface area (Å²) in [7, 11) is 1.59. The smallest absolute Gasteiger partial charge is 0.276 e. The van der Waals surface area contributed by atoms with E-state index in [0.29, 0.717) is 23.5 Å². The molecule has 7 heteroatoms. The van der Waals surface area contributed by atoms with Crippen LogP contribution < -0.4 is 5.32 Å². The van der Waals surface area contributed by atoms with E-state index in [2.05, 4.69) is 10.5 Å². The van der Waals surface area contributed by atoms with Crippen molar-refractivity contribution < 1.29 is 14.1 Å². The number of amides is 1. The normalized spacial score (nSPS) is 20.5. The standard InChI is InChI=1S/C14H21N3O3.ClH/c1-19-9-11-8-12(16-20-11)13(18)17-6-3-14(4-7-17)2-5-15-10-14;/h8,15H,2-7,9-10H2,1H3;1H. The van der Waals surface area contributed by atoms with Gasteiger partial charge in [-0.3, -0.25) is 4.79 Å². The molecule has 0 bridgehead atoms. The minimum Gasteiger partial charge on any atom is -0.377 e. The number of ether oxygens (including phenoxy) is 1. The van der Waals surface area contributed by atoms with Crippen LogP contribution in [0.2, 0.25) is 0 Å². The second-order valence-corrected chi connectivity index (χ2v) is 5.83. The van der Waals surface area contributed by atoms with Crippen LogP contribution in [0.5, 0.6) is 0 Å². The Labute approximate surface area is 130 Å². The lowest BCUT2D eigenvalue weighted by Crippen LogP contribution is -2.44. The fourth-order valence-corrected chi connectivity index (χ4v) is 3.19. The molecular formula is C14H22ClN3O3. The Balaban J connectivity index is 0.00000161. The second kappa shape index (κ2) is 6.77. The van der Waals surface area contributed by atoms with Crippen molar-refractivity contribution in [1.29, 1.82) is 0 Å². The minimum absolute atomic E-state index is 0. The van der Waals surface area contributed by atoms with E-state index in [-0.39, 0.29) is 18.3 Å². The van der Waals surface area contributed by atoms with Crippen LogP contribution in [-0.4, -0.2) is 49.3 Å². The monoisotopic (exact) mass is 315 g/mol. The van der Waals surface area contributed by atoms with Gasteiger partial charge < -0.3 is 19.5 Å². The van der Waals surface area contributed by atoms with Crippen molar-refractivity contribution in [2.75, 3.05) is 33.3 Å². The van der Waals surface area contributed by atoms with Crippen molar-refractivity contribution in [1.82, 2.24) is 15.4 Å². The van der Waals surface area contributed by atoms with Gasteiger partial charge in [-0.25, -0.2) is 0 Å². The fourth-order valence-electron chi connectivity index (χ4n) is 3.19. The molecule has 0 unspecified atom stereocenters. The lowest BCUT2D eigenvalue weighted by atomic mass is 9.78. The fraction of sp³-hybridized carbons (Fsp3) is 0.714. The molecule has 2 aliphatic rings. The van der Waals surface area contributed by atoms with Gasteiger partial charge >= 0.3 is 0 Å². The van der Waals surface area contributed by atoms with Crippen LogP contribution in [0.3, 0.4) is 0 Å². The second-order valence-electron chi connectivity index (χ2n) is 5.83. The van der Waals surface area contributed by atoms with Gasteiger partial charge in [-0.1, -0.05) is 5.16 Å². The first-order valence-corrected chi connectivity index (χ1v) is 7.17. The summed E-state index contributed by atoms with van der Waals surface area (Å²) in [6.07, 6.45) is 3.39. The maximum atomic E-state index is 12.4. The van der Waals surface area contributed by atoms with Crippen molar-refractivity contribution in [3.8, 4) is 0 Å². The molecule has 6 nitrogen and oxygen atoms in total. The molecule has 0 aromatic carbocycles. The maximum Gasteiger partial charge on any atom is 0.276 e. The number of carbonyl (C=O) groups excluding carboxylic acids is 1. The number of halogens is 1. The van der Waals surface area contributed by atoms with Crippen molar-refractivity contribution in [3.05, 3.63) is 17.5 Å². The van der Waals surface area contributed by atoms with Gasteiger partial charge in [-0.05, 0) is 31.2 Å². The van der Waals surface area contributed by atoms with Gasteiger partial charge in [0.05, 0.1) is 0 Å². The number of nitrogens with zero attached hydrogens (tertiary/aromatic N) is 2. The largest absolute Gasteiger partial charge is 0.377 e. The predicted octanol–water partition coefficient (Wildman–Crippen LogP) is 1.46. The van der Waals surface area contributed by atoms with Crippen molar-refractivity contribution in [2.24, 2.45) is 5.41 Å². The van der Waals surface area contributed by atoms with E-state index in [1.54, 1.807) is 13.2 Å². The molecular weight excluding hydrogens is 294 g/mol. The van der Waals surface area contributed by atoms with E-state index in [0.717, 1.165) is 39.0 Å². The summed E-state index contributed by atoms with van der Waals surface area (Å²) in [4.78, 5) is 14.3. The van der Waals surface area contributed by atoms with Crippen LogP contribution in [0.25, 0.3) is 0 Å². The van der Waals surface area contributed by atoms with Crippen molar-refractivity contribution in [2.45, 2.75) is 25.9 Å². The zero-order valence-electron chi connectivity index (χ0n) is 12.3. The Morgan fingerprint density at radius 3 is 2.86 bits per heavy atom. The van der Waals surface area contributed by atoms with Gasteiger partial charge in [-0.15, -0.1) is 12.4 Å². The van der Waals surface area contributed by atoms with Crippen LogP contribution in [0.15, 0.2) is 10.6 Å². The Kier molecular flexibility index (Phi) is 5.24. The van der Waals surface area contributed by atoms with Crippen molar-refractivity contribution >= 4 is 18.3 Å². The maximum absolute atomic E-state index is 12.4. The summed E-state index contributed by atoms with van der Waals surface area (Å²) in [6.45, 7) is 4.17. The molecule has 0 aliphatic carbocycles. The molecule has 1 aromatic rings. The Morgan fingerprint density at radius 2 is 2.24 bits per heavy atom. The molecule has 0 saturated carbocycles. The van der Waals surface area contributed by atoms with Crippen molar-refractivity contribution in [3.63, 3.8) is 0 Å². The number of likely N-dealkylation sites (tertiary alicyclic amines) is 1. The topological polar surface area (TPSA) is 67.6 Å². The number of hydrogen-bond donors (Lipinski definition) is 1. The van der Waals surface area contributed by atoms with Crippen LogP contribution in [0.1, 0.15) is 35.5 Å². The third-order valence-corrected chi connectivity index (χ3v) is 4.51. The van der Waals surface area contributed by atoms with Gasteiger partial charge in [0.1, 0.15) is 6.61 Å². The minimum atomic E-state index is -0.0306. The Bertz CT molecular complexity index is 476. The molecule has 3 rings (SSSR count). The Morgan fingerprint density at radius 1 is 1.48 bits per heavy atom. The van der Waals surface area contributed by atoms with E-state index in [1.807, 2.05) is 4.90 Å². The lowest BCUT2D eigenvalue weighted by Gasteiger charge is -2.38. The highest BCUT2D eigenvalue weighted by Crippen LogP contribution is 2.37. The molecule has 1 amide bonds. The summed E-state index contributed by atoms with van der Waals surface area (Å²) in [5, 5.41) is 7.27. The number of rotatable bonds is 3.